The molecule has 0 aliphatic rings. The molecular formula is C13H11FN2O5S. The standard InChI is InChI=1S/C13H11FN2O5S/c1-8-6-9(16(18)19)2-5-13(8)22(20,21)15-12-4-3-10(17)7-11(12)14/h2-7,15,17H,1H3. The molecule has 0 spiro atoms. The lowest BCUT2D eigenvalue weighted by atomic mass is 10.2. The van der Waals surface area contributed by atoms with Gasteiger partial charge >= 0.3 is 0 Å². The van der Waals surface area contributed by atoms with Crippen LogP contribution in [-0.4, -0.2) is 18.4 Å². The number of rotatable bonds is 4. The molecule has 2 aromatic carbocycles. The van der Waals surface area contributed by atoms with Gasteiger partial charge in [-0.3, -0.25) is 14.8 Å². The van der Waals surface area contributed by atoms with E-state index in [1.807, 2.05) is 4.72 Å². The van der Waals surface area contributed by atoms with Gasteiger partial charge in [-0.25, -0.2) is 12.8 Å². The van der Waals surface area contributed by atoms with Crippen molar-refractivity contribution in [1.29, 1.82) is 0 Å². The number of aromatic hydroxyl groups is 1. The Balaban J connectivity index is 2.40. The van der Waals surface area contributed by atoms with Gasteiger partial charge in [-0.05, 0) is 30.7 Å². The second-order valence-electron chi connectivity index (χ2n) is 4.48. The molecule has 2 aromatic rings. The number of hydrogen-bond donors (Lipinski definition) is 2. The van der Waals surface area contributed by atoms with Crippen molar-refractivity contribution in [2.45, 2.75) is 11.8 Å². The second-order valence-corrected chi connectivity index (χ2v) is 6.13. The maximum atomic E-state index is 13.6. The molecule has 0 saturated heterocycles. The van der Waals surface area contributed by atoms with Gasteiger partial charge in [-0.2, -0.15) is 0 Å². The van der Waals surface area contributed by atoms with E-state index < -0.39 is 20.8 Å². The van der Waals surface area contributed by atoms with Crippen molar-refractivity contribution in [3.05, 3.63) is 57.9 Å². The molecule has 0 heterocycles. The topological polar surface area (TPSA) is 110 Å². The van der Waals surface area contributed by atoms with E-state index in [1.165, 1.54) is 6.92 Å². The number of hydrogen-bond acceptors (Lipinski definition) is 5. The van der Waals surface area contributed by atoms with Crippen LogP contribution in [0.4, 0.5) is 15.8 Å². The Morgan fingerprint density at radius 1 is 1.23 bits per heavy atom. The van der Waals surface area contributed by atoms with Gasteiger partial charge < -0.3 is 5.11 Å². The first-order valence-corrected chi connectivity index (χ1v) is 7.45. The summed E-state index contributed by atoms with van der Waals surface area (Å²) in [6.45, 7) is 1.40. The largest absolute Gasteiger partial charge is 0.508 e. The molecule has 0 radical (unpaired) electrons. The van der Waals surface area contributed by atoms with Crippen molar-refractivity contribution < 1.29 is 22.8 Å². The molecule has 116 valence electrons. The SMILES string of the molecule is Cc1cc([N+](=O)[O-])ccc1S(=O)(=O)Nc1ccc(O)cc1F. The molecule has 0 fully saturated rings. The lowest BCUT2D eigenvalue weighted by Gasteiger charge is -2.11. The van der Waals surface area contributed by atoms with Gasteiger partial charge in [-0.1, -0.05) is 0 Å². The van der Waals surface area contributed by atoms with Crippen molar-refractivity contribution in [2.75, 3.05) is 4.72 Å². The highest BCUT2D eigenvalue weighted by Gasteiger charge is 2.20. The first-order chi connectivity index (χ1) is 10.2. The molecular weight excluding hydrogens is 315 g/mol. The van der Waals surface area contributed by atoms with Crippen LogP contribution in [0, 0.1) is 22.9 Å². The summed E-state index contributed by atoms with van der Waals surface area (Å²) in [6.07, 6.45) is 0. The number of aryl methyl sites for hydroxylation is 1. The van der Waals surface area contributed by atoms with Crippen LogP contribution >= 0.6 is 0 Å². The number of halogens is 1. The van der Waals surface area contributed by atoms with E-state index in [1.54, 1.807) is 0 Å². The van der Waals surface area contributed by atoms with E-state index in [0.717, 1.165) is 36.4 Å². The molecule has 22 heavy (non-hydrogen) atoms. The highest BCUT2D eigenvalue weighted by Crippen LogP contribution is 2.25. The summed E-state index contributed by atoms with van der Waals surface area (Å²) in [6, 6.07) is 6.21. The zero-order valence-electron chi connectivity index (χ0n) is 11.3. The van der Waals surface area contributed by atoms with E-state index in [4.69, 9.17) is 5.11 Å². The Kier molecular flexibility index (Phi) is 4.00. The normalized spacial score (nSPS) is 11.2. The van der Waals surface area contributed by atoms with E-state index in [2.05, 4.69) is 0 Å². The third-order valence-electron chi connectivity index (χ3n) is 2.86. The molecule has 7 nitrogen and oxygen atoms in total. The van der Waals surface area contributed by atoms with Crippen LogP contribution in [0.5, 0.6) is 5.75 Å². The molecule has 0 aliphatic carbocycles. The van der Waals surface area contributed by atoms with E-state index in [0.29, 0.717) is 0 Å². The van der Waals surface area contributed by atoms with E-state index in [-0.39, 0.29) is 27.6 Å². The Bertz CT molecular complexity index is 852. The number of sulfonamides is 1. The summed E-state index contributed by atoms with van der Waals surface area (Å²) in [5.41, 5.74) is -0.427. The molecule has 0 aromatic heterocycles. The van der Waals surface area contributed by atoms with Crippen LogP contribution in [0.1, 0.15) is 5.56 Å². The first-order valence-electron chi connectivity index (χ1n) is 5.97. The Morgan fingerprint density at radius 3 is 2.45 bits per heavy atom. The van der Waals surface area contributed by atoms with Crippen LogP contribution in [0.3, 0.4) is 0 Å². The first kappa shape index (κ1) is 15.7. The fraction of sp³-hybridized carbons (Fsp3) is 0.0769. The number of nitrogens with one attached hydrogen (secondary N) is 1. The van der Waals surface area contributed by atoms with Gasteiger partial charge in [0.15, 0.2) is 5.82 Å². The van der Waals surface area contributed by atoms with Gasteiger partial charge in [0, 0.05) is 18.2 Å². The van der Waals surface area contributed by atoms with Crippen molar-refractivity contribution in [3.63, 3.8) is 0 Å². The number of nitro groups is 1. The average Bonchev–Trinajstić information content (AvgIpc) is 2.41. The quantitative estimate of drug-likeness (QED) is 0.510. The number of benzene rings is 2. The Labute approximate surface area is 125 Å². The molecule has 0 bridgehead atoms. The summed E-state index contributed by atoms with van der Waals surface area (Å²) >= 11 is 0. The van der Waals surface area contributed by atoms with Crippen LogP contribution in [-0.2, 0) is 10.0 Å². The van der Waals surface area contributed by atoms with Gasteiger partial charge in [0.25, 0.3) is 15.7 Å². The van der Waals surface area contributed by atoms with Crippen molar-refractivity contribution >= 4 is 21.4 Å². The van der Waals surface area contributed by atoms with Crippen LogP contribution in [0.15, 0.2) is 41.3 Å². The molecule has 9 heteroatoms. The highest BCUT2D eigenvalue weighted by atomic mass is 32.2. The fourth-order valence-electron chi connectivity index (χ4n) is 1.84. The molecule has 0 atom stereocenters. The number of anilines is 1. The van der Waals surface area contributed by atoms with Crippen molar-refractivity contribution in [2.24, 2.45) is 0 Å². The average molecular weight is 326 g/mol. The third-order valence-corrected chi connectivity index (χ3v) is 4.38. The van der Waals surface area contributed by atoms with E-state index in [9.17, 15) is 22.9 Å². The van der Waals surface area contributed by atoms with Gasteiger partial charge in [0.2, 0.25) is 0 Å². The van der Waals surface area contributed by atoms with Crippen molar-refractivity contribution in [3.8, 4) is 5.75 Å². The lowest BCUT2D eigenvalue weighted by Crippen LogP contribution is -2.15. The van der Waals surface area contributed by atoms with Gasteiger partial charge in [0.1, 0.15) is 5.75 Å². The van der Waals surface area contributed by atoms with E-state index >= 15 is 0 Å². The Morgan fingerprint density at radius 2 is 1.91 bits per heavy atom. The summed E-state index contributed by atoms with van der Waals surface area (Å²) in [5.74, 6) is -1.28. The van der Waals surface area contributed by atoms with Gasteiger partial charge in [-0.15, -0.1) is 0 Å². The zero-order chi connectivity index (χ0) is 16.5. The predicted molar refractivity (Wildman–Crippen MR) is 76.7 cm³/mol. The molecule has 2 rings (SSSR count). The third kappa shape index (κ3) is 3.14. The number of phenolic OH excluding ortho intramolecular Hbond substituents is 1. The number of non-ortho nitro benzene ring substituents is 1. The second kappa shape index (κ2) is 5.60. The molecule has 0 unspecified atom stereocenters. The van der Waals surface area contributed by atoms with Crippen LogP contribution in [0.25, 0.3) is 0 Å². The smallest absolute Gasteiger partial charge is 0.269 e. The minimum atomic E-state index is -4.12. The maximum absolute atomic E-state index is 13.6. The monoisotopic (exact) mass is 326 g/mol. The predicted octanol–water partition coefficient (Wildman–Crippen LogP) is 2.55. The number of nitrogens with zero attached hydrogens (tertiary/aromatic N) is 1. The van der Waals surface area contributed by atoms with Crippen molar-refractivity contribution in [1.82, 2.24) is 0 Å². The number of phenols is 1. The molecule has 2 N–H and O–H groups in total. The number of nitro benzene ring substituents is 1. The summed E-state index contributed by atoms with van der Waals surface area (Å²) in [5, 5.41) is 19.7. The lowest BCUT2D eigenvalue weighted by molar-refractivity contribution is -0.385. The molecule has 0 amide bonds. The maximum Gasteiger partial charge on any atom is 0.269 e. The summed E-state index contributed by atoms with van der Waals surface area (Å²) in [4.78, 5) is 9.80. The molecule has 0 saturated carbocycles. The minimum absolute atomic E-state index is 0.154. The fourth-order valence-corrected chi connectivity index (χ4v) is 3.13. The summed E-state index contributed by atoms with van der Waals surface area (Å²) in [7, 11) is -4.12. The minimum Gasteiger partial charge on any atom is -0.508 e. The van der Waals surface area contributed by atoms with Gasteiger partial charge in [0.05, 0.1) is 15.5 Å². The van der Waals surface area contributed by atoms with Crippen LogP contribution < -0.4 is 4.72 Å². The van der Waals surface area contributed by atoms with Crippen LogP contribution in [0.2, 0.25) is 0 Å². The molecule has 0 aliphatic heterocycles. The highest BCUT2D eigenvalue weighted by molar-refractivity contribution is 7.92. The Hall–Kier alpha value is -2.68. The summed E-state index contributed by atoms with van der Waals surface area (Å²) < 4.78 is 40.1. The zero-order valence-corrected chi connectivity index (χ0v) is 12.1.